The van der Waals surface area contributed by atoms with Crippen LogP contribution in [0.4, 0.5) is 9.59 Å². The zero-order chi connectivity index (χ0) is 15.1. The summed E-state index contributed by atoms with van der Waals surface area (Å²) in [6, 6.07) is 9.29. The van der Waals surface area contributed by atoms with E-state index in [0.29, 0.717) is 13.1 Å². The monoisotopic (exact) mass is 293 g/mol. The average Bonchev–Trinajstić information content (AvgIpc) is 2.73. The lowest BCUT2D eigenvalue weighted by Crippen LogP contribution is -2.63. The first-order chi connectivity index (χ1) is 10.1. The fraction of sp³-hybridized carbons (Fsp3) is 0.467. The van der Waals surface area contributed by atoms with Crippen LogP contribution in [0, 0.1) is 0 Å². The third-order valence-corrected chi connectivity index (χ3v) is 3.71. The molecule has 1 saturated heterocycles. The van der Waals surface area contributed by atoms with Gasteiger partial charge in [-0.15, -0.1) is 4.59 Å². The van der Waals surface area contributed by atoms with Crippen molar-refractivity contribution in [3.05, 3.63) is 35.9 Å². The van der Waals surface area contributed by atoms with Crippen molar-refractivity contribution in [1.29, 1.82) is 0 Å². The third-order valence-electron chi connectivity index (χ3n) is 3.71. The molecule has 0 atom stereocenters. The summed E-state index contributed by atoms with van der Waals surface area (Å²) in [4.78, 5) is 23.4. The van der Waals surface area contributed by atoms with E-state index in [1.54, 1.807) is 0 Å². The number of carbonyl (C=O) groups is 2. The Morgan fingerprint density at radius 2 is 1.71 bits per heavy atom. The molecule has 0 unspecified atom stereocenters. The molecule has 6 heteroatoms. The number of hydrogen-bond donors (Lipinski definition) is 2. The highest BCUT2D eigenvalue weighted by molar-refractivity contribution is 5.68. The minimum absolute atomic E-state index is 0.131. The molecular weight excluding hydrogens is 272 g/mol. The summed E-state index contributed by atoms with van der Waals surface area (Å²) in [7, 11) is 0. The second kappa shape index (κ2) is 7.08. The summed E-state index contributed by atoms with van der Waals surface area (Å²) < 4.78 is 4.68. The van der Waals surface area contributed by atoms with Crippen molar-refractivity contribution in [3.63, 3.8) is 0 Å². The van der Waals surface area contributed by atoms with Crippen LogP contribution in [0.5, 0.6) is 0 Å². The van der Waals surface area contributed by atoms with Gasteiger partial charge in [0.2, 0.25) is 0 Å². The van der Waals surface area contributed by atoms with Gasteiger partial charge in [0.05, 0.1) is 0 Å². The fourth-order valence-electron chi connectivity index (χ4n) is 2.51. The molecule has 0 spiro atoms. The molecule has 21 heavy (non-hydrogen) atoms. The van der Waals surface area contributed by atoms with Crippen molar-refractivity contribution in [2.24, 2.45) is 0 Å². The lowest BCUT2D eigenvalue weighted by Gasteiger charge is -2.29. The maximum absolute atomic E-state index is 11.9. The molecule has 2 rings (SSSR count). The van der Waals surface area contributed by atoms with E-state index in [9.17, 15) is 14.7 Å². The van der Waals surface area contributed by atoms with Crippen LogP contribution in [0.3, 0.4) is 0 Å². The largest absolute Gasteiger partial charge is 0.539 e. The van der Waals surface area contributed by atoms with Gasteiger partial charge in [-0.25, -0.2) is 4.79 Å². The Balaban J connectivity index is 1.93. The Morgan fingerprint density at radius 1 is 1.10 bits per heavy atom. The highest BCUT2D eigenvalue weighted by Gasteiger charge is 2.40. The van der Waals surface area contributed by atoms with E-state index in [4.69, 9.17) is 4.74 Å². The second-order valence-corrected chi connectivity index (χ2v) is 5.29. The number of likely N-dealkylation sites (tertiary alicyclic amines) is 1. The molecule has 1 heterocycles. The highest BCUT2D eigenvalue weighted by Crippen LogP contribution is 2.16. The van der Waals surface area contributed by atoms with Gasteiger partial charge in [-0.2, -0.15) is 10.2 Å². The first-order valence-electron chi connectivity index (χ1n) is 7.22. The third kappa shape index (κ3) is 4.19. The summed E-state index contributed by atoms with van der Waals surface area (Å²) in [6.45, 7) is 0.928. The van der Waals surface area contributed by atoms with Gasteiger partial charge in [-0.1, -0.05) is 30.3 Å². The molecule has 6 nitrogen and oxygen atoms in total. The molecule has 0 bridgehead atoms. The Morgan fingerprint density at radius 3 is 2.29 bits per heavy atom. The van der Waals surface area contributed by atoms with Crippen LogP contribution in [0.25, 0.3) is 0 Å². The quantitative estimate of drug-likeness (QED) is 0.822. The number of quaternary nitrogens is 1. The molecule has 1 fully saturated rings. The van der Waals surface area contributed by atoms with E-state index in [1.807, 2.05) is 30.3 Å². The highest BCUT2D eigenvalue weighted by atomic mass is 16.6. The molecule has 0 radical (unpaired) electrons. The molecule has 2 amide bonds. The Hall–Kier alpha value is -2.08. The minimum Gasteiger partial charge on any atom is -0.442 e. The number of nitrogens with zero attached hydrogens (tertiary/aromatic N) is 1. The summed E-state index contributed by atoms with van der Waals surface area (Å²) in [6.07, 6.45) is 1.83. The number of amides is 2. The molecule has 1 aliphatic rings. The number of ether oxygens (including phenoxy) is 1. The molecule has 1 aliphatic heterocycles. The zero-order valence-corrected chi connectivity index (χ0v) is 12.0. The van der Waals surface area contributed by atoms with E-state index < -0.39 is 16.8 Å². The van der Waals surface area contributed by atoms with Crippen molar-refractivity contribution in [3.8, 4) is 0 Å². The van der Waals surface area contributed by atoms with Crippen LogP contribution >= 0.6 is 0 Å². The molecule has 1 aromatic carbocycles. The van der Waals surface area contributed by atoms with Gasteiger partial charge < -0.3 is 9.84 Å². The van der Waals surface area contributed by atoms with Gasteiger partial charge in [-0.05, 0) is 31.2 Å². The van der Waals surface area contributed by atoms with Gasteiger partial charge in [-0.3, -0.25) is 0 Å². The predicted octanol–water partition coefficient (Wildman–Crippen LogP) is 2.90. The Bertz CT molecular complexity index is 482. The van der Waals surface area contributed by atoms with Gasteiger partial charge in [0, 0.05) is 0 Å². The summed E-state index contributed by atoms with van der Waals surface area (Å²) in [5.74, 6) is 0. The maximum Gasteiger partial charge on any atom is 0.539 e. The van der Waals surface area contributed by atoms with Crippen LogP contribution in [-0.2, 0) is 11.3 Å². The van der Waals surface area contributed by atoms with Crippen LogP contribution in [0.15, 0.2) is 30.3 Å². The van der Waals surface area contributed by atoms with Crippen LogP contribution < -0.4 is 5.43 Å². The summed E-state index contributed by atoms with van der Waals surface area (Å²) >= 11 is 0. The van der Waals surface area contributed by atoms with Crippen molar-refractivity contribution in [1.82, 2.24) is 5.43 Å². The van der Waals surface area contributed by atoms with Crippen molar-refractivity contribution >= 4 is 12.2 Å². The summed E-state index contributed by atoms with van der Waals surface area (Å²) in [5, 5.41) is 9.45. The number of nitrogens with one attached hydrogen (secondary N) is 1. The number of benzene rings is 1. The molecule has 2 N–H and O–H groups in total. The van der Waals surface area contributed by atoms with E-state index in [1.165, 1.54) is 0 Å². The van der Waals surface area contributed by atoms with Crippen molar-refractivity contribution in [2.45, 2.75) is 32.3 Å². The van der Waals surface area contributed by atoms with Crippen LogP contribution in [0.1, 0.15) is 31.2 Å². The second-order valence-electron chi connectivity index (χ2n) is 5.29. The van der Waals surface area contributed by atoms with Gasteiger partial charge in [0.15, 0.2) is 0 Å². The molecule has 0 aromatic heterocycles. The first-order valence-corrected chi connectivity index (χ1v) is 7.22. The lowest BCUT2D eigenvalue weighted by atomic mass is 10.2. The predicted molar refractivity (Wildman–Crippen MR) is 76.2 cm³/mol. The minimum atomic E-state index is -1.03. The van der Waals surface area contributed by atoms with Crippen LogP contribution in [-0.4, -0.2) is 35.0 Å². The van der Waals surface area contributed by atoms with E-state index in [2.05, 4.69) is 5.43 Å². The Labute approximate surface area is 123 Å². The first kappa shape index (κ1) is 15.3. The van der Waals surface area contributed by atoms with E-state index in [-0.39, 0.29) is 6.61 Å². The fourth-order valence-corrected chi connectivity index (χ4v) is 2.51. The molecule has 114 valence electrons. The molecule has 0 aliphatic carbocycles. The smallest absolute Gasteiger partial charge is 0.442 e. The number of rotatable bonds is 2. The topological polar surface area (TPSA) is 75.6 Å². The number of carboxylic acid groups (broad SMARTS) is 1. The number of hydrogen-bond acceptors (Lipinski definition) is 3. The molecule has 1 aromatic rings. The SMILES string of the molecule is O=C(N[N+]1(C(=O)O)CCCCCC1)OCc1ccccc1. The van der Waals surface area contributed by atoms with Crippen molar-refractivity contribution in [2.75, 3.05) is 13.1 Å². The Kier molecular flexibility index (Phi) is 5.16. The van der Waals surface area contributed by atoms with E-state index >= 15 is 0 Å². The van der Waals surface area contributed by atoms with E-state index in [0.717, 1.165) is 31.2 Å². The zero-order valence-electron chi connectivity index (χ0n) is 12.0. The lowest BCUT2D eigenvalue weighted by molar-refractivity contribution is -0.892. The normalized spacial score (nSPS) is 17.5. The molecule has 0 saturated carbocycles. The standard InChI is InChI=1S/C15H20N2O4/c18-14(21-12-13-8-4-3-5-9-13)16-17(15(19)20)10-6-1-2-7-11-17/h3-5,8-9H,1-2,6-7,10-12H2,(H-,16,18,19,20)/p+1. The number of carbonyl (C=O) groups excluding carboxylic acids is 1. The van der Waals surface area contributed by atoms with Crippen LogP contribution in [0.2, 0.25) is 0 Å². The summed E-state index contributed by atoms with van der Waals surface area (Å²) in [5.41, 5.74) is 3.38. The maximum atomic E-state index is 11.9. The van der Waals surface area contributed by atoms with Gasteiger partial charge in [0.25, 0.3) is 0 Å². The van der Waals surface area contributed by atoms with Gasteiger partial charge in [0.1, 0.15) is 19.7 Å². The van der Waals surface area contributed by atoms with Gasteiger partial charge >= 0.3 is 12.2 Å². The van der Waals surface area contributed by atoms with Crippen molar-refractivity contribution < 1.29 is 24.0 Å². The molecular formula is C15H21N2O4+. The average molecular weight is 293 g/mol.